The number of rotatable bonds is 4. The van der Waals surface area contributed by atoms with Crippen LogP contribution in [0.5, 0.6) is 0 Å². The summed E-state index contributed by atoms with van der Waals surface area (Å²) in [5, 5.41) is 4.45. The highest BCUT2D eigenvalue weighted by molar-refractivity contribution is 5.14. The lowest BCUT2D eigenvalue weighted by molar-refractivity contribution is 0.171. The Morgan fingerprint density at radius 1 is 1.50 bits per heavy atom. The number of nitrogens with one attached hydrogen (secondary N) is 1. The number of hydrogen-bond donors (Lipinski definition) is 2. The standard InChI is InChI=1S/C14H26N4/c1-4-11-7-5-6-8-12(11)14(16-15)13-9-10(2)17-18(13)3/h9,11-12,14,16H,4-8,15H2,1-3H3. The van der Waals surface area contributed by atoms with Crippen LogP contribution in [0.1, 0.15) is 56.5 Å². The van der Waals surface area contributed by atoms with Crippen molar-refractivity contribution in [3.63, 3.8) is 0 Å². The Bertz CT molecular complexity index is 385. The second-order valence-electron chi connectivity index (χ2n) is 5.60. The maximum Gasteiger partial charge on any atom is 0.0659 e. The fourth-order valence-corrected chi connectivity index (χ4v) is 3.53. The molecule has 0 radical (unpaired) electrons. The van der Waals surface area contributed by atoms with Gasteiger partial charge in [0, 0.05) is 7.05 Å². The van der Waals surface area contributed by atoms with Crippen LogP contribution in [0.15, 0.2) is 6.07 Å². The third-order valence-electron chi connectivity index (χ3n) is 4.46. The van der Waals surface area contributed by atoms with E-state index in [1.807, 2.05) is 18.7 Å². The van der Waals surface area contributed by atoms with Crippen LogP contribution in [-0.2, 0) is 7.05 Å². The zero-order valence-electron chi connectivity index (χ0n) is 11.8. The molecule has 1 fully saturated rings. The van der Waals surface area contributed by atoms with E-state index in [-0.39, 0.29) is 6.04 Å². The van der Waals surface area contributed by atoms with Gasteiger partial charge in [-0.15, -0.1) is 0 Å². The molecule has 0 aliphatic heterocycles. The Hall–Kier alpha value is -0.870. The summed E-state index contributed by atoms with van der Waals surface area (Å²) in [6.07, 6.45) is 6.57. The van der Waals surface area contributed by atoms with Crippen molar-refractivity contribution in [2.24, 2.45) is 24.7 Å². The molecule has 2 rings (SSSR count). The van der Waals surface area contributed by atoms with Crippen LogP contribution in [0, 0.1) is 18.8 Å². The van der Waals surface area contributed by atoms with Gasteiger partial charge in [-0.2, -0.15) is 5.10 Å². The van der Waals surface area contributed by atoms with Crippen molar-refractivity contribution >= 4 is 0 Å². The van der Waals surface area contributed by atoms with Crippen molar-refractivity contribution in [2.75, 3.05) is 0 Å². The molecule has 1 aromatic rings. The normalized spacial score (nSPS) is 26.2. The number of aryl methyl sites for hydroxylation is 2. The molecule has 0 amide bonds. The number of nitrogens with two attached hydrogens (primary N) is 1. The second kappa shape index (κ2) is 5.85. The topological polar surface area (TPSA) is 55.9 Å². The lowest BCUT2D eigenvalue weighted by Gasteiger charge is -2.36. The molecule has 18 heavy (non-hydrogen) atoms. The van der Waals surface area contributed by atoms with Gasteiger partial charge in [0.05, 0.1) is 17.4 Å². The van der Waals surface area contributed by atoms with Gasteiger partial charge in [0.15, 0.2) is 0 Å². The lowest BCUT2D eigenvalue weighted by atomic mass is 9.73. The van der Waals surface area contributed by atoms with Crippen LogP contribution in [0.4, 0.5) is 0 Å². The van der Waals surface area contributed by atoms with Crippen LogP contribution >= 0.6 is 0 Å². The molecule has 1 heterocycles. The summed E-state index contributed by atoms with van der Waals surface area (Å²) in [7, 11) is 2.01. The number of hydrogen-bond acceptors (Lipinski definition) is 3. The van der Waals surface area contributed by atoms with Gasteiger partial charge in [0.1, 0.15) is 0 Å². The summed E-state index contributed by atoms with van der Waals surface area (Å²) in [6, 6.07) is 2.40. The molecular formula is C14H26N4. The molecule has 1 aromatic heterocycles. The molecule has 1 aliphatic rings. The number of nitrogens with zero attached hydrogens (tertiary/aromatic N) is 2. The van der Waals surface area contributed by atoms with E-state index >= 15 is 0 Å². The predicted molar refractivity (Wildman–Crippen MR) is 73.7 cm³/mol. The summed E-state index contributed by atoms with van der Waals surface area (Å²) in [5.41, 5.74) is 5.33. The van der Waals surface area contributed by atoms with Crippen LogP contribution in [0.25, 0.3) is 0 Å². The van der Waals surface area contributed by atoms with Crippen molar-refractivity contribution in [3.05, 3.63) is 17.5 Å². The van der Waals surface area contributed by atoms with E-state index in [0.717, 1.165) is 11.6 Å². The van der Waals surface area contributed by atoms with Gasteiger partial charge in [0.25, 0.3) is 0 Å². The Labute approximate surface area is 110 Å². The van der Waals surface area contributed by atoms with E-state index in [4.69, 9.17) is 5.84 Å². The monoisotopic (exact) mass is 250 g/mol. The average Bonchev–Trinajstić information content (AvgIpc) is 2.70. The lowest BCUT2D eigenvalue weighted by Crippen LogP contribution is -2.39. The van der Waals surface area contributed by atoms with Gasteiger partial charge in [-0.05, 0) is 31.2 Å². The molecule has 3 N–H and O–H groups in total. The zero-order valence-corrected chi connectivity index (χ0v) is 11.8. The fraction of sp³-hybridized carbons (Fsp3) is 0.786. The molecule has 3 atom stereocenters. The van der Waals surface area contributed by atoms with E-state index in [1.54, 1.807) is 0 Å². The van der Waals surface area contributed by atoms with Gasteiger partial charge in [-0.3, -0.25) is 16.0 Å². The minimum Gasteiger partial charge on any atom is -0.271 e. The molecule has 3 unspecified atom stereocenters. The molecular weight excluding hydrogens is 224 g/mol. The van der Waals surface area contributed by atoms with Crippen LogP contribution in [-0.4, -0.2) is 9.78 Å². The SMILES string of the molecule is CCC1CCCCC1C(NN)c1cc(C)nn1C. The van der Waals surface area contributed by atoms with Crippen molar-refractivity contribution in [2.45, 2.75) is 52.0 Å². The first kappa shape index (κ1) is 13.6. The Kier molecular flexibility index (Phi) is 4.40. The summed E-state index contributed by atoms with van der Waals surface area (Å²) >= 11 is 0. The molecule has 102 valence electrons. The average molecular weight is 250 g/mol. The Morgan fingerprint density at radius 2 is 2.22 bits per heavy atom. The fourth-order valence-electron chi connectivity index (χ4n) is 3.53. The zero-order chi connectivity index (χ0) is 13.1. The quantitative estimate of drug-likeness (QED) is 0.637. The third-order valence-corrected chi connectivity index (χ3v) is 4.46. The highest BCUT2D eigenvalue weighted by Gasteiger charge is 2.32. The largest absolute Gasteiger partial charge is 0.271 e. The third kappa shape index (κ3) is 2.59. The molecule has 0 saturated heterocycles. The second-order valence-corrected chi connectivity index (χ2v) is 5.60. The minimum atomic E-state index is 0.237. The van der Waals surface area contributed by atoms with Gasteiger partial charge in [-0.25, -0.2) is 0 Å². The molecule has 1 aliphatic carbocycles. The maximum atomic E-state index is 5.84. The van der Waals surface area contributed by atoms with E-state index in [1.165, 1.54) is 37.8 Å². The molecule has 1 saturated carbocycles. The molecule has 0 aromatic carbocycles. The number of aromatic nitrogens is 2. The van der Waals surface area contributed by atoms with Crippen LogP contribution in [0.2, 0.25) is 0 Å². The van der Waals surface area contributed by atoms with Crippen molar-refractivity contribution in [3.8, 4) is 0 Å². The molecule has 4 heteroatoms. The van der Waals surface area contributed by atoms with Gasteiger partial charge in [0.2, 0.25) is 0 Å². The first-order valence-corrected chi connectivity index (χ1v) is 7.14. The van der Waals surface area contributed by atoms with Gasteiger partial charge >= 0.3 is 0 Å². The summed E-state index contributed by atoms with van der Waals surface area (Å²) in [4.78, 5) is 0. The van der Waals surface area contributed by atoms with Crippen molar-refractivity contribution in [1.29, 1.82) is 0 Å². The first-order valence-electron chi connectivity index (χ1n) is 7.14. The Balaban J connectivity index is 2.24. The summed E-state index contributed by atoms with van der Waals surface area (Å²) in [5.74, 6) is 7.27. The highest BCUT2D eigenvalue weighted by atomic mass is 15.3. The van der Waals surface area contributed by atoms with Crippen LogP contribution in [0.3, 0.4) is 0 Å². The first-order chi connectivity index (χ1) is 8.67. The van der Waals surface area contributed by atoms with Gasteiger partial charge in [-0.1, -0.05) is 32.6 Å². The van der Waals surface area contributed by atoms with Crippen molar-refractivity contribution in [1.82, 2.24) is 15.2 Å². The van der Waals surface area contributed by atoms with E-state index < -0.39 is 0 Å². The van der Waals surface area contributed by atoms with Crippen molar-refractivity contribution < 1.29 is 0 Å². The Morgan fingerprint density at radius 3 is 2.78 bits per heavy atom. The summed E-state index contributed by atoms with van der Waals surface area (Å²) in [6.45, 7) is 4.33. The molecule has 4 nitrogen and oxygen atoms in total. The van der Waals surface area contributed by atoms with E-state index in [2.05, 4.69) is 23.5 Å². The van der Waals surface area contributed by atoms with Crippen LogP contribution < -0.4 is 11.3 Å². The summed E-state index contributed by atoms with van der Waals surface area (Å²) < 4.78 is 1.97. The predicted octanol–water partition coefficient (Wildman–Crippen LogP) is 2.45. The maximum absolute atomic E-state index is 5.84. The van der Waals surface area contributed by atoms with E-state index in [0.29, 0.717) is 5.92 Å². The minimum absolute atomic E-state index is 0.237. The number of hydrazine groups is 1. The van der Waals surface area contributed by atoms with Gasteiger partial charge < -0.3 is 0 Å². The highest BCUT2D eigenvalue weighted by Crippen LogP contribution is 2.39. The molecule has 0 bridgehead atoms. The smallest absolute Gasteiger partial charge is 0.0659 e. The van der Waals surface area contributed by atoms with E-state index in [9.17, 15) is 0 Å². The molecule has 0 spiro atoms.